The van der Waals surface area contributed by atoms with E-state index in [2.05, 4.69) is 28.6 Å². The van der Waals surface area contributed by atoms with E-state index >= 15 is 0 Å². The maximum absolute atomic E-state index is 12.9. The van der Waals surface area contributed by atoms with Crippen molar-refractivity contribution in [3.05, 3.63) is 35.9 Å². The Bertz CT molecular complexity index is 794. The predicted molar refractivity (Wildman–Crippen MR) is 119 cm³/mol. The van der Waals surface area contributed by atoms with E-state index in [0.717, 1.165) is 5.56 Å². The number of amides is 3. The zero-order valence-electron chi connectivity index (χ0n) is 18.1. The minimum absolute atomic E-state index is 0.0745. The summed E-state index contributed by atoms with van der Waals surface area (Å²) in [5.41, 5.74) is 0.547. The van der Waals surface area contributed by atoms with Gasteiger partial charge in [0, 0.05) is 12.5 Å². The number of hydrogen-bond donors (Lipinski definition) is 4. The van der Waals surface area contributed by atoms with Crippen molar-refractivity contribution >= 4 is 35.7 Å². The van der Waals surface area contributed by atoms with Gasteiger partial charge in [-0.3, -0.25) is 14.4 Å². The van der Waals surface area contributed by atoms with E-state index in [9.17, 15) is 19.2 Å². The molecule has 0 saturated carbocycles. The Morgan fingerprint density at radius 1 is 1.16 bits per heavy atom. The first-order valence-corrected chi connectivity index (χ1v) is 10.8. The smallest absolute Gasteiger partial charge is 0.408 e. The average molecular weight is 450 g/mol. The van der Waals surface area contributed by atoms with Crippen molar-refractivity contribution in [1.82, 2.24) is 16.0 Å². The third-order valence-electron chi connectivity index (χ3n) is 4.94. The van der Waals surface area contributed by atoms with E-state index in [1.54, 1.807) is 0 Å². The Morgan fingerprint density at radius 2 is 1.84 bits per heavy atom. The topological polar surface area (TPSA) is 114 Å². The van der Waals surface area contributed by atoms with Gasteiger partial charge in [0.25, 0.3) is 0 Å². The number of alkyl carbamates (subject to hydrolysis) is 1. The van der Waals surface area contributed by atoms with Gasteiger partial charge in [-0.05, 0) is 30.2 Å². The van der Waals surface area contributed by atoms with Gasteiger partial charge in [-0.25, -0.2) is 4.79 Å². The van der Waals surface area contributed by atoms with Crippen molar-refractivity contribution in [3.8, 4) is 0 Å². The van der Waals surface area contributed by atoms with Crippen LogP contribution in [0.3, 0.4) is 0 Å². The summed E-state index contributed by atoms with van der Waals surface area (Å²) in [6.07, 6.45) is 0.371. The average Bonchev–Trinajstić information content (AvgIpc) is 3.09. The SMILES string of the molecule is CC(C)(C)C[C@H](NC(=O)OCc1ccccc1)C(=O)N[C@@H](C[C@@H]1CCNC1=O)C(=O)S. The quantitative estimate of drug-likeness (QED) is 0.432. The van der Waals surface area contributed by atoms with Crippen molar-refractivity contribution in [2.75, 3.05) is 6.54 Å². The molecule has 3 amide bonds. The molecule has 0 bridgehead atoms. The molecule has 0 aliphatic carbocycles. The zero-order chi connectivity index (χ0) is 23.0. The van der Waals surface area contributed by atoms with Crippen LogP contribution in [0.5, 0.6) is 0 Å². The van der Waals surface area contributed by atoms with Gasteiger partial charge in [0.15, 0.2) is 0 Å². The van der Waals surface area contributed by atoms with E-state index in [-0.39, 0.29) is 30.3 Å². The first kappa shape index (κ1) is 24.7. The molecule has 1 aromatic carbocycles. The molecule has 0 spiro atoms. The minimum atomic E-state index is -0.922. The Morgan fingerprint density at radius 3 is 2.39 bits per heavy atom. The van der Waals surface area contributed by atoms with Crippen molar-refractivity contribution in [2.45, 2.75) is 58.7 Å². The number of thiol groups is 1. The van der Waals surface area contributed by atoms with Gasteiger partial charge in [-0.1, -0.05) is 51.1 Å². The van der Waals surface area contributed by atoms with Crippen LogP contribution in [0.1, 0.15) is 45.6 Å². The lowest BCUT2D eigenvalue weighted by Crippen LogP contribution is -2.52. The van der Waals surface area contributed by atoms with Crippen LogP contribution < -0.4 is 16.0 Å². The molecule has 170 valence electrons. The molecule has 0 aromatic heterocycles. The van der Waals surface area contributed by atoms with Crippen molar-refractivity contribution in [2.24, 2.45) is 11.3 Å². The second kappa shape index (κ2) is 11.2. The van der Waals surface area contributed by atoms with E-state index in [1.165, 1.54) is 0 Å². The molecule has 1 aliphatic rings. The lowest BCUT2D eigenvalue weighted by atomic mass is 9.87. The minimum Gasteiger partial charge on any atom is -0.445 e. The molecule has 8 nitrogen and oxygen atoms in total. The van der Waals surface area contributed by atoms with Gasteiger partial charge in [-0.2, -0.15) is 0 Å². The lowest BCUT2D eigenvalue weighted by molar-refractivity contribution is -0.128. The van der Waals surface area contributed by atoms with Crippen LogP contribution in [0, 0.1) is 11.3 Å². The van der Waals surface area contributed by atoms with Gasteiger partial charge in [0.05, 0.1) is 6.04 Å². The van der Waals surface area contributed by atoms with E-state index in [4.69, 9.17) is 4.74 Å². The molecule has 1 aromatic rings. The van der Waals surface area contributed by atoms with Crippen LogP contribution >= 0.6 is 12.6 Å². The Balaban J connectivity index is 2.00. The molecule has 3 N–H and O–H groups in total. The molecule has 2 rings (SSSR count). The van der Waals surface area contributed by atoms with E-state index < -0.39 is 29.2 Å². The molecular formula is C22H31N3O5S. The molecule has 1 fully saturated rings. The summed E-state index contributed by atoms with van der Waals surface area (Å²) < 4.78 is 5.23. The fraction of sp³-hybridized carbons (Fsp3) is 0.545. The predicted octanol–water partition coefficient (Wildman–Crippen LogP) is 2.19. The number of benzene rings is 1. The highest BCUT2D eigenvalue weighted by molar-refractivity contribution is 7.96. The third-order valence-corrected chi connectivity index (χ3v) is 5.25. The maximum Gasteiger partial charge on any atom is 0.408 e. The molecule has 9 heteroatoms. The van der Waals surface area contributed by atoms with Crippen LogP contribution in [0.2, 0.25) is 0 Å². The van der Waals surface area contributed by atoms with Crippen molar-refractivity contribution in [3.63, 3.8) is 0 Å². The summed E-state index contributed by atoms with van der Waals surface area (Å²) in [4.78, 5) is 49.1. The molecular weight excluding hydrogens is 418 g/mol. The van der Waals surface area contributed by atoms with Crippen LogP contribution in [-0.2, 0) is 25.7 Å². The van der Waals surface area contributed by atoms with Gasteiger partial charge in [-0.15, -0.1) is 12.6 Å². The van der Waals surface area contributed by atoms with Crippen molar-refractivity contribution < 1.29 is 23.9 Å². The van der Waals surface area contributed by atoms with E-state index in [1.807, 2.05) is 51.1 Å². The zero-order valence-corrected chi connectivity index (χ0v) is 19.0. The van der Waals surface area contributed by atoms with Gasteiger partial charge in [0.2, 0.25) is 16.9 Å². The number of carbonyl (C=O) groups excluding carboxylic acids is 4. The first-order chi connectivity index (χ1) is 14.5. The molecule has 1 aliphatic heterocycles. The Labute approximate surface area is 188 Å². The van der Waals surface area contributed by atoms with Gasteiger partial charge < -0.3 is 20.7 Å². The first-order valence-electron chi connectivity index (χ1n) is 10.3. The number of carbonyl (C=O) groups is 4. The summed E-state index contributed by atoms with van der Waals surface area (Å²) in [6.45, 7) is 6.44. The largest absolute Gasteiger partial charge is 0.445 e. The normalized spacial score (nSPS) is 17.9. The van der Waals surface area contributed by atoms with Crippen LogP contribution in [-0.4, -0.2) is 41.7 Å². The molecule has 31 heavy (non-hydrogen) atoms. The molecule has 1 heterocycles. The molecule has 0 radical (unpaired) electrons. The van der Waals surface area contributed by atoms with Crippen LogP contribution in [0.15, 0.2) is 30.3 Å². The van der Waals surface area contributed by atoms with Crippen LogP contribution in [0.4, 0.5) is 4.79 Å². The number of rotatable bonds is 9. The maximum atomic E-state index is 12.9. The molecule has 0 unspecified atom stereocenters. The standard InChI is InChI=1S/C22H31N3O5S/c1-22(2,3)12-17(25-21(29)30-13-14-7-5-4-6-8-14)19(27)24-16(20(28)31)11-15-9-10-23-18(15)26/h4-8,15-17H,9-13H2,1-3H3,(H,23,26)(H,24,27)(H,25,29)(H,28,31)/t15-,16-,17-/m0/s1. The van der Waals surface area contributed by atoms with Gasteiger partial charge in [0.1, 0.15) is 12.6 Å². The molecule has 1 saturated heterocycles. The monoisotopic (exact) mass is 449 g/mol. The summed E-state index contributed by atoms with van der Waals surface area (Å²) >= 11 is 3.87. The number of nitrogens with one attached hydrogen (secondary N) is 3. The summed E-state index contributed by atoms with van der Waals surface area (Å²) in [6, 6.07) is 7.37. The fourth-order valence-corrected chi connectivity index (χ4v) is 3.55. The van der Waals surface area contributed by atoms with Gasteiger partial charge >= 0.3 is 6.09 Å². The summed E-state index contributed by atoms with van der Waals surface area (Å²) in [5, 5.41) is 7.43. The highest BCUT2D eigenvalue weighted by Crippen LogP contribution is 2.22. The Hall–Kier alpha value is -2.55. The highest BCUT2D eigenvalue weighted by Gasteiger charge is 2.33. The lowest BCUT2D eigenvalue weighted by Gasteiger charge is -2.27. The fourth-order valence-electron chi connectivity index (χ4n) is 3.38. The van der Waals surface area contributed by atoms with Crippen LogP contribution in [0.25, 0.3) is 0 Å². The Kier molecular flexibility index (Phi) is 8.91. The number of ether oxygens (including phenoxy) is 1. The van der Waals surface area contributed by atoms with Crippen molar-refractivity contribution in [1.29, 1.82) is 0 Å². The second-order valence-corrected chi connectivity index (χ2v) is 9.38. The second-order valence-electron chi connectivity index (χ2n) is 8.94. The highest BCUT2D eigenvalue weighted by atomic mass is 32.1. The van der Waals surface area contributed by atoms with E-state index in [0.29, 0.717) is 19.4 Å². The number of hydrogen-bond acceptors (Lipinski definition) is 5. The third kappa shape index (κ3) is 8.61. The molecule has 3 atom stereocenters. The summed E-state index contributed by atoms with van der Waals surface area (Å²) in [7, 11) is 0. The summed E-state index contributed by atoms with van der Waals surface area (Å²) in [5.74, 6) is -1.01.